The van der Waals surface area contributed by atoms with Crippen LogP contribution in [0, 0.1) is 21.1 Å². The zero-order valence-corrected chi connectivity index (χ0v) is 17.5. The van der Waals surface area contributed by atoms with Crippen molar-refractivity contribution in [3.8, 4) is 0 Å². The molecule has 4 nitrogen and oxygen atoms in total. The van der Waals surface area contributed by atoms with Crippen LogP contribution in [0.3, 0.4) is 0 Å². The molecule has 2 fully saturated rings. The fraction of sp³-hybridized carbons (Fsp3) is 0.381. The van der Waals surface area contributed by atoms with Crippen molar-refractivity contribution in [3.63, 3.8) is 0 Å². The van der Waals surface area contributed by atoms with Crippen molar-refractivity contribution in [2.75, 3.05) is 25.0 Å². The third-order valence-corrected chi connectivity index (χ3v) is 6.22. The topological polar surface area (TPSA) is 44.4 Å². The van der Waals surface area contributed by atoms with E-state index in [0.29, 0.717) is 25.0 Å². The number of carbonyl (C=O) groups is 1. The monoisotopic (exact) mass is 497 g/mol. The second-order valence-electron chi connectivity index (χ2n) is 7.44. The van der Waals surface area contributed by atoms with E-state index in [1.165, 1.54) is 31.0 Å². The molecule has 0 spiro atoms. The lowest BCUT2D eigenvalue weighted by molar-refractivity contribution is 0.0393. The van der Waals surface area contributed by atoms with Gasteiger partial charge in [-0.25, -0.2) is 8.78 Å². The van der Waals surface area contributed by atoms with E-state index in [2.05, 4.69) is 10.6 Å². The van der Waals surface area contributed by atoms with Gasteiger partial charge in [-0.3, -0.25) is 4.79 Å². The maximum absolute atomic E-state index is 14.5. The van der Waals surface area contributed by atoms with Crippen molar-refractivity contribution in [3.05, 3.63) is 57.2 Å². The first kappa shape index (κ1) is 19.6. The molecule has 2 aliphatic rings. The summed E-state index contributed by atoms with van der Waals surface area (Å²) < 4.78 is 29.4. The molecule has 0 aliphatic carbocycles. The fourth-order valence-corrected chi connectivity index (χ4v) is 4.39. The predicted molar refractivity (Wildman–Crippen MR) is 114 cm³/mol. The van der Waals surface area contributed by atoms with Crippen molar-refractivity contribution in [1.29, 1.82) is 0 Å². The van der Waals surface area contributed by atoms with E-state index in [4.69, 9.17) is 0 Å². The molecule has 2 heterocycles. The third-order valence-electron chi connectivity index (χ3n) is 5.55. The standard InChI is InChI=1S/C21H22F2IN3O/c22-16-5-3-4-15(20(16)26-19-8-7-14(24)10-17(19)23)21(28)27-11-13(12-27)18-6-1-2-9-25-18/h3-5,7-8,10,13,18,25-26H,1-2,6,9,11-12H2/t18-/m0/s1. The summed E-state index contributed by atoms with van der Waals surface area (Å²) in [5.41, 5.74) is 0.396. The molecule has 0 saturated carbocycles. The number of para-hydroxylation sites is 1. The van der Waals surface area contributed by atoms with Gasteiger partial charge in [0.05, 0.1) is 16.9 Å². The molecular formula is C21H22F2IN3O. The number of piperidine rings is 1. The van der Waals surface area contributed by atoms with Gasteiger partial charge in [0.15, 0.2) is 0 Å². The Balaban J connectivity index is 1.50. The first-order valence-electron chi connectivity index (χ1n) is 9.56. The molecule has 1 atom stereocenters. The molecule has 0 bridgehead atoms. The van der Waals surface area contributed by atoms with Gasteiger partial charge in [-0.05, 0) is 72.3 Å². The molecule has 0 unspecified atom stereocenters. The van der Waals surface area contributed by atoms with E-state index in [0.717, 1.165) is 16.5 Å². The van der Waals surface area contributed by atoms with Gasteiger partial charge in [0.2, 0.25) is 0 Å². The Hall–Kier alpha value is -1.74. The van der Waals surface area contributed by atoms with Gasteiger partial charge in [0.1, 0.15) is 11.6 Å². The average Bonchev–Trinajstić information content (AvgIpc) is 2.65. The summed E-state index contributed by atoms with van der Waals surface area (Å²) in [6.07, 6.45) is 3.58. The van der Waals surface area contributed by atoms with Crippen LogP contribution in [0.25, 0.3) is 0 Å². The highest BCUT2D eigenvalue weighted by molar-refractivity contribution is 14.1. The minimum atomic E-state index is -0.574. The number of carbonyl (C=O) groups excluding carboxylic acids is 1. The number of benzene rings is 2. The van der Waals surface area contributed by atoms with Crippen LogP contribution in [0.1, 0.15) is 29.6 Å². The lowest BCUT2D eigenvalue weighted by atomic mass is 9.86. The summed E-state index contributed by atoms with van der Waals surface area (Å²) in [6, 6.07) is 9.47. The molecule has 7 heteroatoms. The highest BCUT2D eigenvalue weighted by Gasteiger charge is 2.37. The average molecular weight is 497 g/mol. The molecular weight excluding hydrogens is 475 g/mol. The number of hydrogen-bond donors (Lipinski definition) is 2. The molecule has 148 valence electrons. The molecule has 4 rings (SSSR count). The fourth-order valence-electron chi connectivity index (χ4n) is 3.94. The van der Waals surface area contributed by atoms with Crippen molar-refractivity contribution < 1.29 is 13.6 Å². The van der Waals surface area contributed by atoms with Crippen LogP contribution in [0.5, 0.6) is 0 Å². The highest BCUT2D eigenvalue weighted by atomic mass is 127. The number of nitrogens with one attached hydrogen (secondary N) is 2. The molecule has 2 aromatic carbocycles. The minimum Gasteiger partial charge on any atom is -0.350 e. The minimum absolute atomic E-state index is 0.0202. The number of likely N-dealkylation sites (tertiary alicyclic amines) is 1. The molecule has 28 heavy (non-hydrogen) atoms. The SMILES string of the molecule is O=C(c1cccc(F)c1Nc1ccc(I)cc1F)N1CC([C@@H]2CCCCN2)C1. The second kappa shape index (κ2) is 8.32. The van der Waals surface area contributed by atoms with Crippen LogP contribution in [-0.4, -0.2) is 36.5 Å². The quantitative estimate of drug-likeness (QED) is 0.611. The number of amides is 1. The van der Waals surface area contributed by atoms with Crippen LogP contribution < -0.4 is 10.6 Å². The first-order chi connectivity index (χ1) is 13.5. The van der Waals surface area contributed by atoms with Gasteiger partial charge in [-0.2, -0.15) is 0 Å². The molecule has 1 amide bonds. The lowest BCUT2D eigenvalue weighted by Gasteiger charge is -2.45. The van der Waals surface area contributed by atoms with Crippen LogP contribution >= 0.6 is 22.6 Å². The molecule has 2 aromatic rings. The van der Waals surface area contributed by atoms with E-state index < -0.39 is 11.6 Å². The zero-order valence-electron chi connectivity index (χ0n) is 15.4. The Kier molecular flexibility index (Phi) is 5.82. The Morgan fingerprint density at radius 3 is 2.68 bits per heavy atom. The van der Waals surface area contributed by atoms with E-state index in [9.17, 15) is 13.6 Å². The van der Waals surface area contributed by atoms with Crippen molar-refractivity contribution >= 4 is 39.9 Å². The van der Waals surface area contributed by atoms with Gasteiger partial charge in [-0.15, -0.1) is 0 Å². The first-order valence-corrected chi connectivity index (χ1v) is 10.6. The number of halogens is 3. The Labute approximate surface area is 176 Å². The highest BCUT2D eigenvalue weighted by Crippen LogP contribution is 2.31. The summed E-state index contributed by atoms with van der Waals surface area (Å²) in [5, 5.41) is 6.31. The van der Waals surface area contributed by atoms with Crippen LogP contribution in [0.2, 0.25) is 0 Å². The molecule has 2 N–H and O–H groups in total. The summed E-state index contributed by atoms with van der Waals surface area (Å²) in [6.45, 7) is 2.38. The normalized spacial score (nSPS) is 20.0. The zero-order chi connectivity index (χ0) is 19.7. The Morgan fingerprint density at radius 1 is 1.14 bits per heavy atom. The smallest absolute Gasteiger partial charge is 0.256 e. The van der Waals surface area contributed by atoms with E-state index in [1.807, 2.05) is 22.6 Å². The van der Waals surface area contributed by atoms with Gasteiger partial charge in [-0.1, -0.05) is 12.5 Å². The second-order valence-corrected chi connectivity index (χ2v) is 8.68. The number of nitrogens with zero attached hydrogens (tertiary/aromatic N) is 1. The van der Waals surface area contributed by atoms with Crippen LogP contribution in [0.4, 0.5) is 20.2 Å². The molecule has 0 aromatic heterocycles. The van der Waals surface area contributed by atoms with E-state index >= 15 is 0 Å². The van der Waals surface area contributed by atoms with Crippen molar-refractivity contribution in [1.82, 2.24) is 10.2 Å². The lowest BCUT2D eigenvalue weighted by Crippen LogP contribution is -2.58. The Bertz CT molecular complexity index is 880. The number of anilines is 2. The van der Waals surface area contributed by atoms with Crippen LogP contribution in [0.15, 0.2) is 36.4 Å². The Morgan fingerprint density at radius 2 is 1.96 bits per heavy atom. The third kappa shape index (κ3) is 4.00. The largest absolute Gasteiger partial charge is 0.350 e. The maximum Gasteiger partial charge on any atom is 0.256 e. The van der Waals surface area contributed by atoms with E-state index in [-0.39, 0.29) is 22.8 Å². The van der Waals surface area contributed by atoms with Gasteiger partial charge in [0, 0.05) is 28.6 Å². The molecule has 2 aliphatic heterocycles. The van der Waals surface area contributed by atoms with Gasteiger partial charge in [0.25, 0.3) is 5.91 Å². The number of rotatable bonds is 4. The number of hydrogen-bond acceptors (Lipinski definition) is 3. The summed E-state index contributed by atoms with van der Waals surface area (Å²) in [7, 11) is 0. The summed E-state index contributed by atoms with van der Waals surface area (Å²) in [5.74, 6) is -0.835. The van der Waals surface area contributed by atoms with Crippen molar-refractivity contribution in [2.24, 2.45) is 5.92 Å². The van der Waals surface area contributed by atoms with Crippen molar-refractivity contribution in [2.45, 2.75) is 25.3 Å². The summed E-state index contributed by atoms with van der Waals surface area (Å²) >= 11 is 2.01. The predicted octanol–water partition coefficient (Wildman–Crippen LogP) is 4.53. The van der Waals surface area contributed by atoms with Gasteiger partial charge < -0.3 is 15.5 Å². The van der Waals surface area contributed by atoms with Crippen LogP contribution in [-0.2, 0) is 0 Å². The van der Waals surface area contributed by atoms with Gasteiger partial charge >= 0.3 is 0 Å². The van der Waals surface area contributed by atoms with E-state index in [1.54, 1.807) is 23.1 Å². The maximum atomic E-state index is 14.5. The summed E-state index contributed by atoms with van der Waals surface area (Å²) in [4.78, 5) is 14.7. The molecule has 0 radical (unpaired) electrons. The molecule has 2 saturated heterocycles.